The van der Waals surface area contributed by atoms with E-state index >= 15 is 0 Å². The summed E-state index contributed by atoms with van der Waals surface area (Å²) in [6.07, 6.45) is 18.5. The van der Waals surface area contributed by atoms with Gasteiger partial charge in [-0.1, -0.05) is 64.5 Å². The second kappa shape index (κ2) is 18.6. The van der Waals surface area contributed by atoms with Crippen LogP contribution in [0.1, 0.15) is 85.0 Å². The average molecular weight is 256 g/mol. The second-order valence-electron chi connectivity index (χ2n) is 4.69. The zero-order chi connectivity index (χ0) is 14.1. The molecular formula is C16H32O2. The van der Waals surface area contributed by atoms with Crippen LogP contribution < -0.4 is 0 Å². The van der Waals surface area contributed by atoms with Crippen molar-refractivity contribution in [2.24, 2.45) is 0 Å². The van der Waals surface area contributed by atoms with Crippen LogP contribution in [0.4, 0.5) is 0 Å². The predicted octanol–water partition coefficient (Wildman–Crippen LogP) is 5.57. The van der Waals surface area contributed by atoms with Gasteiger partial charge < -0.3 is 5.11 Å². The summed E-state index contributed by atoms with van der Waals surface area (Å²) < 4.78 is 0. The monoisotopic (exact) mass is 256 g/mol. The maximum atomic E-state index is 9.00. The standard InChI is InChI=1S/C14H28.C2H4O2/c1-3-5-7-9-11-13-14-12-10-8-6-4-2;1-2(3)4/h13-14H,3-12H2,1-2H3;1H3,(H,3,4)/b14-13-;. The van der Waals surface area contributed by atoms with Gasteiger partial charge in [0.15, 0.2) is 0 Å². The molecule has 0 rings (SSSR count). The van der Waals surface area contributed by atoms with Crippen molar-refractivity contribution in [3.05, 3.63) is 12.2 Å². The van der Waals surface area contributed by atoms with Gasteiger partial charge in [0.25, 0.3) is 5.97 Å². The lowest BCUT2D eigenvalue weighted by atomic mass is 10.1. The van der Waals surface area contributed by atoms with Crippen LogP contribution >= 0.6 is 0 Å². The number of hydrogen-bond acceptors (Lipinski definition) is 1. The van der Waals surface area contributed by atoms with E-state index in [2.05, 4.69) is 26.0 Å². The molecule has 0 unspecified atom stereocenters. The summed E-state index contributed by atoms with van der Waals surface area (Å²) in [7, 11) is 0. The van der Waals surface area contributed by atoms with Crippen molar-refractivity contribution in [1.29, 1.82) is 0 Å². The summed E-state index contributed by atoms with van der Waals surface area (Å²) in [4.78, 5) is 9.00. The predicted molar refractivity (Wildman–Crippen MR) is 80.0 cm³/mol. The van der Waals surface area contributed by atoms with E-state index in [-0.39, 0.29) is 0 Å². The van der Waals surface area contributed by atoms with Crippen LogP contribution in [0.5, 0.6) is 0 Å². The van der Waals surface area contributed by atoms with Crippen LogP contribution in [0, 0.1) is 0 Å². The number of carboxylic acid groups (broad SMARTS) is 1. The normalized spacial score (nSPS) is 10.2. The van der Waals surface area contributed by atoms with Gasteiger partial charge in [0.1, 0.15) is 0 Å². The number of carboxylic acids is 1. The number of allylic oxidation sites excluding steroid dienone is 2. The van der Waals surface area contributed by atoms with Crippen LogP contribution in [0.3, 0.4) is 0 Å². The molecule has 0 radical (unpaired) electrons. The molecule has 1 N–H and O–H groups in total. The van der Waals surface area contributed by atoms with Crippen LogP contribution in [0.25, 0.3) is 0 Å². The summed E-state index contributed by atoms with van der Waals surface area (Å²) >= 11 is 0. The minimum Gasteiger partial charge on any atom is -0.481 e. The van der Waals surface area contributed by atoms with E-state index in [1.165, 1.54) is 64.2 Å². The van der Waals surface area contributed by atoms with Crippen molar-refractivity contribution in [2.75, 3.05) is 0 Å². The Hall–Kier alpha value is -0.790. The lowest BCUT2D eigenvalue weighted by Gasteiger charge is -1.95. The number of rotatable bonds is 10. The summed E-state index contributed by atoms with van der Waals surface area (Å²) in [5.74, 6) is -0.833. The molecule has 0 aliphatic carbocycles. The lowest BCUT2D eigenvalue weighted by Crippen LogP contribution is -1.78. The molecule has 0 heterocycles. The van der Waals surface area contributed by atoms with Gasteiger partial charge in [-0.2, -0.15) is 0 Å². The SMILES string of the molecule is CC(=O)O.CCCCCC/C=C\CCCCCC. The minimum absolute atomic E-state index is 0.833. The Balaban J connectivity index is 0. The number of unbranched alkanes of at least 4 members (excludes halogenated alkanes) is 8. The second-order valence-corrected chi connectivity index (χ2v) is 4.69. The third-order valence-electron chi connectivity index (χ3n) is 2.62. The fourth-order valence-corrected chi connectivity index (χ4v) is 1.61. The maximum absolute atomic E-state index is 9.00. The largest absolute Gasteiger partial charge is 0.481 e. The van der Waals surface area contributed by atoms with Crippen molar-refractivity contribution >= 4 is 5.97 Å². The van der Waals surface area contributed by atoms with Gasteiger partial charge in [0.05, 0.1) is 0 Å². The van der Waals surface area contributed by atoms with Gasteiger partial charge in [-0.15, -0.1) is 0 Å². The molecule has 0 aromatic rings. The quantitative estimate of drug-likeness (QED) is 0.409. The molecule has 2 nitrogen and oxygen atoms in total. The summed E-state index contributed by atoms with van der Waals surface area (Å²) in [5, 5.41) is 7.42. The van der Waals surface area contributed by atoms with Gasteiger partial charge in [-0.25, -0.2) is 0 Å². The molecule has 0 saturated carbocycles. The smallest absolute Gasteiger partial charge is 0.300 e. The van der Waals surface area contributed by atoms with Crippen LogP contribution in [-0.4, -0.2) is 11.1 Å². The Labute approximate surface area is 113 Å². The highest BCUT2D eigenvalue weighted by Gasteiger charge is 1.86. The highest BCUT2D eigenvalue weighted by molar-refractivity contribution is 5.62. The van der Waals surface area contributed by atoms with Crippen LogP contribution in [0.15, 0.2) is 12.2 Å². The summed E-state index contributed by atoms with van der Waals surface area (Å²) in [6.45, 7) is 5.62. The topological polar surface area (TPSA) is 37.3 Å². The zero-order valence-corrected chi connectivity index (χ0v) is 12.6. The maximum Gasteiger partial charge on any atom is 0.300 e. The first-order chi connectivity index (χ1) is 8.65. The van der Waals surface area contributed by atoms with Crippen molar-refractivity contribution in [3.8, 4) is 0 Å². The van der Waals surface area contributed by atoms with Crippen molar-refractivity contribution in [1.82, 2.24) is 0 Å². The summed E-state index contributed by atoms with van der Waals surface area (Å²) in [5.41, 5.74) is 0. The van der Waals surface area contributed by atoms with Crippen LogP contribution in [0.2, 0.25) is 0 Å². The van der Waals surface area contributed by atoms with Crippen molar-refractivity contribution in [2.45, 2.75) is 85.0 Å². The third kappa shape index (κ3) is 29.5. The summed E-state index contributed by atoms with van der Waals surface area (Å²) in [6, 6.07) is 0. The van der Waals surface area contributed by atoms with Crippen LogP contribution in [-0.2, 0) is 4.79 Å². The highest BCUT2D eigenvalue weighted by Crippen LogP contribution is 2.06. The fourth-order valence-electron chi connectivity index (χ4n) is 1.61. The van der Waals surface area contributed by atoms with E-state index in [1.807, 2.05) is 0 Å². The molecule has 0 saturated heterocycles. The van der Waals surface area contributed by atoms with E-state index in [1.54, 1.807) is 0 Å². The molecule has 0 aliphatic rings. The van der Waals surface area contributed by atoms with Gasteiger partial charge in [0.2, 0.25) is 0 Å². The number of carbonyl (C=O) groups is 1. The zero-order valence-electron chi connectivity index (χ0n) is 12.6. The first-order valence-corrected chi connectivity index (χ1v) is 7.49. The molecule has 0 aromatic carbocycles. The lowest BCUT2D eigenvalue weighted by molar-refractivity contribution is -0.134. The first kappa shape index (κ1) is 19.5. The van der Waals surface area contributed by atoms with E-state index in [4.69, 9.17) is 9.90 Å². The molecule has 18 heavy (non-hydrogen) atoms. The van der Waals surface area contributed by atoms with Crippen molar-refractivity contribution < 1.29 is 9.90 Å². The Bertz CT molecular complexity index is 168. The molecule has 0 aliphatic heterocycles. The Kier molecular flexibility index (Phi) is 20.2. The molecule has 2 heteroatoms. The molecule has 0 spiro atoms. The molecule has 0 amide bonds. The third-order valence-corrected chi connectivity index (χ3v) is 2.62. The number of aliphatic carboxylic acids is 1. The van der Waals surface area contributed by atoms with Gasteiger partial charge in [-0.05, 0) is 25.7 Å². The van der Waals surface area contributed by atoms with E-state index < -0.39 is 5.97 Å². The van der Waals surface area contributed by atoms with Gasteiger partial charge in [-0.3, -0.25) is 4.79 Å². The molecule has 0 bridgehead atoms. The number of hydrogen-bond donors (Lipinski definition) is 1. The molecule has 108 valence electrons. The molecule has 0 atom stereocenters. The highest BCUT2D eigenvalue weighted by atomic mass is 16.4. The minimum atomic E-state index is -0.833. The fraction of sp³-hybridized carbons (Fsp3) is 0.812. The van der Waals surface area contributed by atoms with E-state index in [9.17, 15) is 0 Å². The van der Waals surface area contributed by atoms with Gasteiger partial charge in [0, 0.05) is 6.92 Å². The Morgan fingerprint density at radius 2 is 1.17 bits per heavy atom. The molecule has 0 fully saturated rings. The average Bonchev–Trinajstić information content (AvgIpc) is 2.31. The first-order valence-electron chi connectivity index (χ1n) is 7.49. The molecular weight excluding hydrogens is 224 g/mol. The van der Waals surface area contributed by atoms with E-state index in [0.29, 0.717) is 0 Å². The Morgan fingerprint density at radius 3 is 1.44 bits per heavy atom. The van der Waals surface area contributed by atoms with Crippen molar-refractivity contribution in [3.63, 3.8) is 0 Å². The Morgan fingerprint density at radius 1 is 0.833 bits per heavy atom. The van der Waals surface area contributed by atoms with Gasteiger partial charge >= 0.3 is 0 Å². The van der Waals surface area contributed by atoms with E-state index in [0.717, 1.165) is 6.92 Å². The molecule has 0 aromatic heterocycles.